The van der Waals surface area contributed by atoms with Crippen LogP contribution in [0.5, 0.6) is 0 Å². The Labute approximate surface area is 378 Å². The number of methoxy groups -OCH3 is 1. The molecule has 8 bridgehead atoms. The van der Waals surface area contributed by atoms with E-state index in [0.717, 1.165) is 44.7 Å². The summed E-state index contributed by atoms with van der Waals surface area (Å²) in [5.74, 6) is -1.98. The molecule has 1 aromatic carbocycles. The van der Waals surface area contributed by atoms with E-state index in [-0.39, 0.29) is 36.6 Å². The number of pyridine rings is 1. The fourth-order valence-electron chi connectivity index (χ4n) is 10.0. The number of cyclic esters (lactones) is 1. The molecule has 2 unspecified atom stereocenters. The molecule has 4 aliphatic rings. The number of thiazole rings is 1. The molecule has 4 amide bonds. The number of benzene rings is 1. The second-order valence-electron chi connectivity index (χ2n) is 18.9. The molecule has 344 valence electrons. The minimum absolute atomic E-state index is 0.0542. The lowest BCUT2D eigenvalue weighted by atomic mass is 9.84. The van der Waals surface area contributed by atoms with E-state index in [1.165, 1.54) is 21.2 Å². The normalized spacial score (nSPS) is 24.1. The molecular weight excluding hydrogens is 857 g/mol. The molecule has 2 N–H and O–H groups in total. The Kier molecular flexibility index (Phi) is 12.7. The van der Waals surface area contributed by atoms with E-state index in [4.69, 9.17) is 19.4 Å². The van der Waals surface area contributed by atoms with Gasteiger partial charge in [0, 0.05) is 84.8 Å². The van der Waals surface area contributed by atoms with Gasteiger partial charge in [0.1, 0.15) is 18.1 Å². The second-order valence-corrected chi connectivity index (χ2v) is 22.0. The monoisotopic (exact) mass is 916 g/mol. The molecule has 0 aliphatic carbocycles. The summed E-state index contributed by atoms with van der Waals surface area (Å²) in [6.07, 6.45) is 3.74. The molecule has 18 heteroatoms. The van der Waals surface area contributed by atoms with E-state index in [0.29, 0.717) is 43.8 Å². The maximum atomic E-state index is 14.6. The highest BCUT2D eigenvalue weighted by Crippen LogP contribution is 2.42. The quantitative estimate of drug-likeness (QED) is 0.223. The molecular formula is C46H60N8O8S2. The zero-order chi connectivity index (χ0) is 45.8. The first-order valence-electron chi connectivity index (χ1n) is 22.3. The van der Waals surface area contributed by atoms with Crippen LogP contribution in [0, 0.1) is 11.3 Å². The number of hydrogen-bond acceptors (Lipinski definition) is 12. The number of likely N-dealkylation sites (tertiary alicyclic amines) is 1. The van der Waals surface area contributed by atoms with Crippen molar-refractivity contribution in [3.63, 3.8) is 0 Å². The topological polar surface area (TPSA) is 185 Å². The molecule has 4 aliphatic heterocycles. The van der Waals surface area contributed by atoms with Crippen molar-refractivity contribution in [2.45, 2.75) is 117 Å². The summed E-state index contributed by atoms with van der Waals surface area (Å²) >= 11 is 1.39. The molecule has 64 heavy (non-hydrogen) atoms. The number of nitrogens with zero attached hydrogens (tertiary/aromatic N) is 6. The van der Waals surface area contributed by atoms with E-state index in [1.807, 2.05) is 32.2 Å². The van der Waals surface area contributed by atoms with Gasteiger partial charge in [-0.05, 0) is 75.3 Å². The third kappa shape index (κ3) is 8.77. The summed E-state index contributed by atoms with van der Waals surface area (Å²) in [6, 6.07) is 6.22. The summed E-state index contributed by atoms with van der Waals surface area (Å²) in [4.78, 5) is 69.6. The summed E-state index contributed by atoms with van der Waals surface area (Å²) in [6.45, 7) is 13.0. The van der Waals surface area contributed by atoms with Crippen LogP contribution in [0.25, 0.3) is 33.4 Å². The zero-order valence-electron chi connectivity index (χ0n) is 37.9. The van der Waals surface area contributed by atoms with Gasteiger partial charge in [0.25, 0.3) is 5.91 Å². The maximum Gasteiger partial charge on any atom is 0.324 e. The molecule has 3 saturated heterocycles. The van der Waals surface area contributed by atoms with Gasteiger partial charge in [-0.2, -0.15) is 0 Å². The van der Waals surface area contributed by atoms with Crippen LogP contribution in [0.3, 0.4) is 0 Å². The molecule has 4 aromatic rings. The van der Waals surface area contributed by atoms with Crippen LogP contribution in [0.2, 0.25) is 0 Å². The Morgan fingerprint density at radius 3 is 2.59 bits per heavy atom. The molecule has 7 heterocycles. The van der Waals surface area contributed by atoms with E-state index in [9.17, 15) is 27.6 Å². The van der Waals surface area contributed by atoms with Crippen LogP contribution in [0.15, 0.2) is 41.9 Å². The van der Waals surface area contributed by atoms with E-state index >= 15 is 0 Å². The van der Waals surface area contributed by atoms with Crippen molar-refractivity contribution >= 4 is 55.9 Å². The predicted octanol–water partition coefficient (Wildman–Crippen LogP) is 5.15. The number of fused-ring (bicyclic) bond motifs is 8. The number of amides is 4. The van der Waals surface area contributed by atoms with E-state index in [1.54, 1.807) is 25.3 Å². The number of urea groups is 1. The van der Waals surface area contributed by atoms with Gasteiger partial charge >= 0.3 is 12.0 Å². The summed E-state index contributed by atoms with van der Waals surface area (Å²) in [7, 11) is -0.00724. The Bertz CT molecular complexity index is 2550. The number of carbonyl (C=O) groups is 4. The van der Waals surface area contributed by atoms with Crippen molar-refractivity contribution in [2.24, 2.45) is 11.3 Å². The van der Waals surface area contributed by atoms with E-state index in [2.05, 4.69) is 60.3 Å². The molecule has 0 radical (unpaired) electrons. The molecule has 0 saturated carbocycles. The summed E-state index contributed by atoms with van der Waals surface area (Å²) < 4.78 is 38.9. The van der Waals surface area contributed by atoms with Crippen LogP contribution in [-0.4, -0.2) is 131 Å². The average Bonchev–Trinajstić information content (AvgIpc) is 3.85. The van der Waals surface area contributed by atoms with Crippen LogP contribution >= 0.6 is 11.3 Å². The average molecular weight is 917 g/mol. The molecule has 0 spiro atoms. The number of nitrogens with one attached hydrogen (secondary N) is 2. The van der Waals surface area contributed by atoms with Crippen LogP contribution in [0.4, 0.5) is 4.79 Å². The first kappa shape index (κ1) is 45.7. The number of sulfone groups is 1. The standard InChI is InChI=1S/C46H60N8O8S2/c1-9-52-37-15-14-28-18-32(37)33(41(52)31-12-10-16-47-39(31)27(4)61-8)21-46(5,6)25-62-44(57)34-13-11-17-53(50-34)43(56)35(20-38-48-36(28)22-63-38)49-42(55)40(26(2)3)51(7)45(58)54-29-19-30(54)24-64(59,60)23-29/h10,12,14-16,18,22,26-27,29-30,34-35,40,50H,9,11,13,17,19-21,23-25H2,1-8H3,(H,49,55)/t27-,29?,30?,34-,35-,40-/m0/s1. The number of ether oxygens (including phenoxy) is 2. The minimum atomic E-state index is -3.23. The Balaban J connectivity index is 1.17. The van der Waals surface area contributed by atoms with Gasteiger partial charge in [-0.25, -0.2) is 23.6 Å². The van der Waals surface area contributed by atoms with Crippen molar-refractivity contribution < 1.29 is 37.1 Å². The minimum Gasteiger partial charge on any atom is -0.464 e. The third-order valence-corrected chi connectivity index (χ3v) is 15.9. The molecule has 6 atom stereocenters. The number of hydrogen-bond donors (Lipinski definition) is 2. The van der Waals surface area contributed by atoms with Gasteiger partial charge in [0.2, 0.25) is 5.91 Å². The lowest BCUT2D eigenvalue weighted by Gasteiger charge is -2.53. The predicted molar refractivity (Wildman–Crippen MR) is 244 cm³/mol. The van der Waals surface area contributed by atoms with Crippen LogP contribution in [0.1, 0.15) is 83.2 Å². The Morgan fingerprint density at radius 1 is 1.14 bits per heavy atom. The number of aryl methyl sites for hydroxylation is 1. The number of carbonyl (C=O) groups excluding carboxylic acids is 4. The van der Waals surface area contributed by atoms with Gasteiger partial charge < -0.3 is 29.2 Å². The molecule has 16 nitrogen and oxygen atoms in total. The highest BCUT2D eigenvalue weighted by molar-refractivity contribution is 7.91. The third-order valence-electron chi connectivity index (χ3n) is 13.2. The fraction of sp³-hybridized carbons (Fsp3) is 0.565. The van der Waals surface area contributed by atoms with E-state index < -0.39 is 69.3 Å². The number of aromatic nitrogens is 3. The SMILES string of the molecule is CCn1c(-c2cccnc2[C@H](C)OC)c2c3cc(ccc31)-c1csc(n1)C[C@H](NC(=O)[C@H](C(C)C)N(C)C(=O)N1C3CC1CS(=O)(=O)C3)C(=O)N1CCC[C@H](N1)C(=O)OCC(C)(C)C2. The highest BCUT2D eigenvalue weighted by atomic mass is 32.2. The molecule has 3 fully saturated rings. The molecule has 8 rings (SSSR count). The van der Waals surface area contributed by atoms with Gasteiger partial charge in [-0.1, -0.05) is 33.8 Å². The van der Waals surface area contributed by atoms with Gasteiger partial charge in [0.15, 0.2) is 9.84 Å². The molecule has 3 aromatic heterocycles. The van der Waals surface area contributed by atoms with Gasteiger partial charge in [-0.15, -0.1) is 11.3 Å². The van der Waals surface area contributed by atoms with Crippen LogP contribution in [-0.2, 0) is 53.1 Å². The largest absolute Gasteiger partial charge is 0.464 e. The fourth-order valence-corrected chi connectivity index (χ4v) is 12.8. The second kappa shape index (κ2) is 17.8. The van der Waals surface area contributed by atoms with Crippen molar-refractivity contribution in [1.82, 2.24) is 40.1 Å². The number of esters is 1. The van der Waals surface area contributed by atoms with Crippen molar-refractivity contribution in [1.29, 1.82) is 0 Å². The first-order valence-corrected chi connectivity index (χ1v) is 25.0. The number of likely N-dealkylation sites (N-methyl/N-ethyl adjacent to an activating group) is 1. The van der Waals surface area contributed by atoms with Crippen molar-refractivity contribution in [2.75, 3.05) is 38.8 Å². The van der Waals surface area contributed by atoms with Crippen molar-refractivity contribution in [3.8, 4) is 22.5 Å². The van der Waals surface area contributed by atoms with Crippen molar-refractivity contribution in [3.05, 3.63) is 58.2 Å². The maximum absolute atomic E-state index is 14.6. The summed E-state index contributed by atoms with van der Waals surface area (Å²) in [5.41, 5.74) is 9.17. The Hall–Kier alpha value is -4.91. The number of rotatable bonds is 8. The number of hydrazine groups is 1. The highest BCUT2D eigenvalue weighted by Gasteiger charge is 2.52. The van der Waals surface area contributed by atoms with Gasteiger partial charge in [0.05, 0.1) is 46.3 Å². The summed E-state index contributed by atoms with van der Waals surface area (Å²) in [5, 5.41) is 8.01. The lowest BCUT2D eigenvalue weighted by Crippen LogP contribution is -2.70. The first-order chi connectivity index (χ1) is 30.4. The van der Waals surface area contributed by atoms with Crippen LogP contribution < -0.4 is 10.7 Å². The smallest absolute Gasteiger partial charge is 0.324 e. The zero-order valence-corrected chi connectivity index (χ0v) is 39.6. The lowest BCUT2D eigenvalue weighted by molar-refractivity contribution is -0.155. The Morgan fingerprint density at radius 2 is 1.89 bits per heavy atom. The van der Waals surface area contributed by atoms with Gasteiger partial charge in [-0.3, -0.25) is 24.4 Å².